The van der Waals surface area contributed by atoms with Crippen molar-refractivity contribution >= 4 is 24.0 Å². The summed E-state index contributed by atoms with van der Waals surface area (Å²) >= 11 is 0. The van der Waals surface area contributed by atoms with Gasteiger partial charge in [-0.15, -0.1) is 12.4 Å². The summed E-state index contributed by atoms with van der Waals surface area (Å²) in [6.07, 6.45) is 9.27. The van der Waals surface area contributed by atoms with Crippen LogP contribution in [-0.4, -0.2) is 12.5 Å². The lowest BCUT2D eigenvalue weighted by Gasteiger charge is -2.21. The summed E-state index contributed by atoms with van der Waals surface area (Å²) < 4.78 is 0. The van der Waals surface area contributed by atoms with E-state index in [4.69, 9.17) is 5.73 Å². The highest BCUT2D eigenvalue weighted by Crippen LogP contribution is 2.26. The van der Waals surface area contributed by atoms with E-state index in [0.29, 0.717) is 11.3 Å². The highest BCUT2D eigenvalue weighted by atomic mass is 35.5. The molecule has 3 nitrogen and oxygen atoms in total. The van der Waals surface area contributed by atoms with Gasteiger partial charge in [-0.25, -0.2) is 0 Å². The zero-order valence-corrected chi connectivity index (χ0v) is 12.8. The van der Waals surface area contributed by atoms with E-state index in [1.807, 2.05) is 6.07 Å². The first-order valence-electron chi connectivity index (χ1n) is 7.39. The van der Waals surface area contributed by atoms with Gasteiger partial charge in [0.15, 0.2) is 0 Å². The molecule has 1 aliphatic carbocycles. The van der Waals surface area contributed by atoms with Crippen molar-refractivity contribution in [3.05, 3.63) is 29.8 Å². The Labute approximate surface area is 127 Å². The van der Waals surface area contributed by atoms with Gasteiger partial charge in [-0.3, -0.25) is 4.79 Å². The van der Waals surface area contributed by atoms with Crippen molar-refractivity contribution in [2.45, 2.75) is 44.9 Å². The first kappa shape index (κ1) is 16.8. The largest absolute Gasteiger partial charge is 0.399 e. The number of halogens is 1. The molecule has 0 bridgehead atoms. The highest BCUT2D eigenvalue weighted by molar-refractivity contribution is 5.94. The second-order valence-corrected chi connectivity index (χ2v) is 5.53. The Kier molecular flexibility index (Phi) is 7.45. The average molecular weight is 297 g/mol. The third-order valence-electron chi connectivity index (χ3n) is 3.95. The zero-order chi connectivity index (χ0) is 13.5. The Morgan fingerprint density at radius 3 is 2.70 bits per heavy atom. The lowest BCUT2D eigenvalue weighted by atomic mass is 9.86. The fourth-order valence-electron chi connectivity index (χ4n) is 2.85. The molecule has 0 saturated heterocycles. The molecule has 0 spiro atoms. The maximum absolute atomic E-state index is 11.9. The molecule has 1 saturated carbocycles. The van der Waals surface area contributed by atoms with Crippen LogP contribution in [0.15, 0.2) is 24.3 Å². The number of hydrogen-bond donors (Lipinski definition) is 2. The monoisotopic (exact) mass is 296 g/mol. The third kappa shape index (κ3) is 5.41. The quantitative estimate of drug-likeness (QED) is 0.642. The summed E-state index contributed by atoms with van der Waals surface area (Å²) in [5.74, 6) is 0.869. The van der Waals surface area contributed by atoms with Crippen LogP contribution in [0, 0.1) is 5.92 Å². The van der Waals surface area contributed by atoms with E-state index in [1.54, 1.807) is 18.2 Å². The second-order valence-electron chi connectivity index (χ2n) is 5.53. The summed E-state index contributed by atoms with van der Waals surface area (Å²) in [5, 5.41) is 2.97. The van der Waals surface area contributed by atoms with E-state index >= 15 is 0 Å². The number of amides is 1. The molecule has 1 aromatic rings. The summed E-state index contributed by atoms with van der Waals surface area (Å²) in [7, 11) is 0. The molecule has 0 heterocycles. The molecule has 1 amide bonds. The fraction of sp³-hybridized carbons (Fsp3) is 0.562. The fourth-order valence-corrected chi connectivity index (χ4v) is 2.85. The van der Waals surface area contributed by atoms with E-state index in [0.717, 1.165) is 18.9 Å². The molecule has 1 aliphatic rings. The predicted molar refractivity (Wildman–Crippen MR) is 86.2 cm³/mol. The smallest absolute Gasteiger partial charge is 0.251 e. The Hall–Kier alpha value is -1.22. The van der Waals surface area contributed by atoms with E-state index < -0.39 is 0 Å². The van der Waals surface area contributed by atoms with Crippen LogP contribution in [-0.2, 0) is 0 Å². The molecule has 0 radical (unpaired) electrons. The molecule has 4 heteroatoms. The van der Waals surface area contributed by atoms with E-state index in [9.17, 15) is 4.79 Å². The van der Waals surface area contributed by atoms with E-state index in [2.05, 4.69) is 5.32 Å². The van der Waals surface area contributed by atoms with Gasteiger partial charge in [0.1, 0.15) is 0 Å². The lowest BCUT2D eigenvalue weighted by Crippen LogP contribution is -2.25. The molecule has 112 valence electrons. The first-order chi connectivity index (χ1) is 9.25. The molecule has 0 atom stereocenters. The van der Waals surface area contributed by atoms with Crippen molar-refractivity contribution in [1.82, 2.24) is 5.32 Å². The van der Waals surface area contributed by atoms with Crippen LogP contribution in [0.1, 0.15) is 55.3 Å². The third-order valence-corrected chi connectivity index (χ3v) is 3.95. The Bertz CT molecular complexity index is 417. The average Bonchev–Trinajstić information content (AvgIpc) is 2.44. The maximum atomic E-state index is 11.9. The molecule has 1 aromatic carbocycles. The molecular weight excluding hydrogens is 272 g/mol. The van der Waals surface area contributed by atoms with Gasteiger partial charge in [0, 0.05) is 17.8 Å². The van der Waals surface area contributed by atoms with Crippen molar-refractivity contribution in [1.29, 1.82) is 0 Å². The number of anilines is 1. The van der Waals surface area contributed by atoms with Gasteiger partial charge in [0.2, 0.25) is 0 Å². The molecule has 1 fully saturated rings. The van der Waals surface area contributed by atoms with Gasteiger partial charge >= 0.3 is 0 Å². The molecular formula is C16H25ClN2O. The van der Waals surface area contributed by atoms with E-state index in [-0.39, 0.29) is 18.3 Å². The SMILES string of the molecule is Cl.Nc1cccc(C(=O)NCCCC2CCCCC2)c1. The molecule has 3 N–H and O–H groups in total. The number of nitrogens with two attached hydrogens (primary N) is 1. The standard InChI is InChI=1S/C16H24N2O.ClH/c17-15-10-4-9-14(12-15)16(19)18-11-5-8-13-6-2-1-3-7-13;/h4,9-10,12-13H,1-3,5-8,11,17H2,(H,18,19);1H. The van der Waals surface area contributed by atoms with Crippen molar-refractivity contribution in [2.75, 3.05) is 12.3 Å². The van der Waals surface area contributed by atoms with Crippen molar-refractivity contribution in [3.63, 3.8) is 0 Å². The van der Waals surface area contributed by atoms with Gasteiger partial charge in [-0.1, -0.05) is 38.2 Å². The number of carbonyl (C=O) groups is 1. The topological polar surface area (TPSA) is 55.1 Å². The minimum atomic E-state index is -0.0176. The Morgan fingerprint density at radius 1 is 1.25 bits per heavy atom. The van der Waals surface area contributed by atoms with Gasteiger partial charge in [-0.2, -0.15) is 0 Å². The predicted octanol–water partition coefficient (Wildman–Crippen LogP) is 3.78. The van der Waals surface area contributed by atoms with Gasteiger partial charge in [0.25, 0.3) is 5.91 Å². The van der Waals surface area contributed by atoms with Crippen LogP contribution in [0.5, 0.6) is 0 Å². The van der Waals surface area contributed by atoms with Crippen molar-refractivity contribution in [2.24, 2.45) is 5.92 Å². The number of benzene rings is 1. The number of hydrogen-bond acceptors (Lipinski definition) is 2. The minimum Gasteiger partial charge on any atom is -0.399 e. The zero-order valence-electron chi connectivity index (χ0n) is 11.9. The van der Waals surface area contributed by atoms with Crippen LogP contribution in [0.4, 0.5) is 5.69 Å². The van der Waals surface area contributed by atoms with Gasteiger partial charge < -0.3 is 11.1 Å². The van der Waals surface area contributed by atoms with Crippen LogP contribution >= 0.6 is 12.4 Å². The second kappa shape index (κ2) is 8.85. The molecule has 0 unspecified atom stereocenters. The summed E-state index contributed by atoms with van der Waals surface area (Å²) in [6, 6.07) is 7.12. The van der Waals surface area contributed by atoms with E-state index in [1.165, 1.54) is 38.5 Å². The van der Waals surface area contributed by atoms with Crippen LogP contribution in [0.3, 0.4) is 0 Å². The van der Waals surface area contributed by atoms with Crippen LogP contribution in [0.25, 0.3) is 0 Å². The molecule has 2 rings (SSSR count). The minimum absolute atomic E-state index is 0. The molecule has 20 heavy (non-hydrogen) atoms. The summed E-state index contributed by atoms with van der Waals surface area (Å²) in [6.45, 7) is 0.768. The summed E-state index contributed by atoms with van der Waals surface area (Å²) in [5.41, 5.74) is 6.95. The lowest BCUT2D eigenvalue weighted by molar-refractivity contribution is 0.0952. The Balaban J connectivity index is 0.00000200. The number of nitrogen functional groups attached to an aromatic ring is 1. The maximum Gasteiger partial charge on any atom is 0.251 e. The normalized spacial score (nSPS) is 15.4. The number of nitrogens with one attached hydrogen (secondary N) is 1. The van der Waals surface area contributed by atoms with Crippen molar-refractivity contribution in [3.8, 4) is 0 Å². The van der Waals surface area contributed by atoms with Crippen LogP contribution < -0.4 is 11.1 Å². The van der Waals surface area contributed by atoms with Crippen LogP contribution in [0.2, 0.25) is 0 Å². The Morgan fingerprint density at radius 2 is 2.00 bits per heavy atom. The van der Waals surface area contributed by atoms with Gasteiger partial charge in [-0.05, 0) is 37.0 Å². The molecule has 0 aromatic heterocycles. The van der Waals surface area contributed by atoms with Gasteiger partial charge in [0.05, 0.1) is 0 Å². The molecule has 0 aliphatic heterocycles. The highest BCUT2D eigenvalue weighted by Gasteiger charge is 2.13. The first-order valence-corrected chi connectivity index (χ1v) is 7.39. The number of carbonyl (C=O) groups excluding carboxylic acids is 1. The number of rotatable bonds is 5. The van der Waals surface area contributed by atoms with Crippen molar-refractivity contribution < 1.29 is 4.79 Å². The summed E-state index contributed by atoms with van der Waals surface area (Å²) in [4.78, 5) is 11.9.